The first-order chi connectivity index (χ1) is 7.09. The fourth-order valence-corrected chi connectivity index (χ4v) is 2.16. The lowest BCUT2D eigenvalue weighted by molar-refractivity contribution is -0.116. The Morgan fingerprint density at radius 2 is 2.27 bits per heavy atom. The molecule has 0 spiro atoms. The number of carbonyl (C=O) groups excluding carboxylic acids is 1. The number of amides is 1. The van der Waals surface area contributed by atoms with Crippen molar-refractivity contribution in [3.05, 3.63) is 17.6 Å². The quantitative estimate of drug-likeness (QED) is 0.728. The van der Waals surface area contributed by atoms with E-state index in [0.29, 0.717) is 12.4 Å². The fourth-order valence-electron chi connectivity index (χ4n) is 1.71. The molecule has 1 amide bonds. The van der Waals surface area contributed by atoms with Gasteiger partial charge in [-0.3, -0.25) is 14.7 Å². The number of aryl methyl sites for hydroxylation is 2. The van der Waals surface area contributed by atoms with Crippen LogP contribution < -0.4 is 4.90 Å². The smallest absolute Gasteiger partial charge is 0.242 e. The number of nitrogens with zero attached hydrogens (tertiary/aromatic N) is 3. The zero-order valence-corrected chi connectivity index (χ0v) is 10.3. The van der Waals surface area contributed by atoms with Gasteiger partial charge < -0.3 is 0 Å². The monoisotopic (exact) mass is 269 g/mol. The third kappa shape index (κ3) is 1.88. The highest BCUT2D eigenvalue weighted by atomic mass is 79.9. The molecule has 4 nitrogen and oxygen atoms in total. The Balaban J connectivity index is 2.34. The molecule has 0 bridgehead atoms. The van der Waals surface area contributed by atoms with E-state index in [4.69, 9.17) is 0 Å². The number of halogens is 1. The van der Waals surface area contributed by atoms with Gasteiger partial charge in [0.25, 0.3) is 0 Å². The van der Waals surface area contributed by atoms with Crippen LogP contribution in [-0.4, -0.2) is 27.2 Å². The normalized spacial score (nSPS) is 21.1. The molecule has 1 atom stereocenters. The molecule has 0 aromatic carbocycles. The molecule has 1 saturated heterocycles. The summed E-state index contributed by atoms with van der Waals surface area (Å²) >= 11 is 3.34. The van der Waals surface area contributed by atoms with Gasteiger partial charge >= 0.3 is 0 Å². The first kappa shape index (κ1) is 10.5. The SMILES string of the molecule is Cc1cnc(N2CC[C@H](Br)C2=O)c(C)n1. The molecule has 5 heteroatoms. The van der Waals surface area contributed by atoms with Crippen LogP contribution in [0.1, 0.15) is 17.8 Å². The van der Waals surface area contributed by atoms with Crippen LogP contribution in [0.5, 0.6) is 0 Å². The van der Waals surface area contributed by atoms with Crippen LogP contribution in [-0.2, 0) is 4.79 Å². The summed E-state index contributed by atoms with van der Waals surface area (Å²) in [6.45, 7) is 4.49. The average molecular weight is 270 g/mol. The minimum absolute atomic E-state index is 0.0694. The molecule has 80 valence electrons. The van der Waals surface area contributed by atoms with Gasteiger partial charge in [0.2, 0.25) is 5.91 Å². The van der Waals surface area contributed by atoms with E-state index in [1.54, 1.807) is 11.1 Å². The molecule has 2 rings (SSSR count). The summed E-state index contributed by atoms with van der Waals surface area (Å²) in [7, 11) is 0. The Labute approximate surface area is 96.8 Å². The molecule has 1 aliphatic rings. The molecular formula is C10H12BrN3O. The highest BCUT2D eigenvalue weighted by molar-refractivity contribution is 9.10. The Hall–Kier alpha value is -0.970. The predicted octanol–water partition coefficient (Wildman–Crippen LogP) is 1.59. The third-order valence-corrected chi connectivity index (χ3v) is 3.29. The Kier molecular flexibility index (Phi) is 2.73. The van der Waals surface area contributed by atoms with Gasteiger partial charge in [0, 0.05) is 6.54 Å². The van der Waals surface area contributed by atoms with Crippen LogP contribution in [0.15, 0.2) is 6.20 Å². The molecule has 1 aromatic rings. The van der Waals surface area contributed by atoms with Gasteiger partial charge in [0.15, 0.2) is 5.82 Å². The second-order valence-electron chi connectivity index (χ2n) is 3.67. The lowest BCUT2D eigenvalue weighted by Gasteiger charge is -2.16. The summed E-state index contributed by atoms with van der Waals surface area (Å²) < 4.78 is 0. The van der Waals surface area contributed by atoms with E-state index in [-0.39, 0.29) is 10.7 Å². The van der Waals surface area contributed by atoms with E-state index in [2.05, 4.69) is 25.9 Å². The van der Waals surface area contributed by atoms with Crippen LogP contribution in [0.4, 0.5) is 5.82 Å². The van der Waals surface area contributed by atoms with Gasteiger partial charge in [-0.25, -0.2) is 4.98 Å². The van der Waals surface area contributed by atoms with Crippen molar-refractivity contribution in [1.29, 1.82) is 0 Å². The van der Waals surface area contributed by atoms with Crippen molar-refractivity contribution < 1.29 is 4.79 Å². The Morgan fingerprint density at radius 3 is 2.80 bits per heavy atom. The van der Waals surface area contributed by atoms with Crippen molar-refractivity contribution in [2.24, 2.45) is 0 Å². The minimum Gasteiger partial charge on any atom is -0.294 e. The van der Waals surface area contributed by atoms with E-state index in [1.807, 2.05) is 13.8 Å². The lowest BCUT2D eigenvalue weighted by atomic mass is 10.4. The van der Waals surface area contributed by atoms with Crippen LogP contribution in [0, 0.1) is 13.8 Å². The van der Waals surface area contributed by atoms with Gasteiger partial charge in [-0.2, -0.15) is 0 Å². The summed E-state index contributed by atoms with van der Waals surface area (Å²) in [6, 6.07) is 0. The largest absolute Gasteiger partial charge is 0.294 e. The highest BCUT2D eigenvalue weighted by Gasteiger charge is 2.32. The van der Waals surface area contributed by atoms with E-state index >= 15 is 0 Å². The number of anilines is 1. The van der Waals surface area contributed by atoms with Crippen LogP contribution in [0.2, 0.25) is 0 Å². The van der Waals surface area contributed by atoms with E-state index in [0.717, 1.165) is 17.8 Å². The summed E-state index contributed by atoms with van der Waals surface area (Å²) in [4.78, 5) is 22.0. The maximum atomic E-state index is 11.8. The van der Waals surface area contributed by atoms with Crippen molar-refractivity contribution in [2.75, 3.05) is 11.4 Å². The predicted molar refractivity (Wildman–Crippen MR) is 61.2 cm³/mol. The molecule has 1 aliphatic heterocycles. The molecule has 1 fully saturated rings. The van der Waals surface area contributed by atoms with Crippen LogP contribution in [0.3, 0.4) is 0 Å². The molecule has 0 saturated carbocycles. The maximum Gasteiger partial charge on any atom is 0.242 e. The minimum atomic E-state index is -0.0694. The molecule has 0 N–H and O–H groups in total. The molecular weight excluding hydrogens is 258 g/mol. The number of hydrogen-bond acceptors (Lipinski definition) is 3. The molecule has 2 heterocycles. The zero-order valence-electron chi connectivity index (χ0n) is 8.70. The molecule has 0 aliphatic carbocycles. The summed E-state index contributed by atoms with van der Waals surface area (Å²) in [5.41, 5.74) is 1.68. The summed E-state index contributed by atoms with van der Waals surface area (Å²) in [5, 5.41) is 0. The van der Waals surface area contributed by atoms with Crippen molar-refractivity contribution in [1.82, 2.24) is 9.97 Å². The first-order valence-corrected chi connectivity index (χ1v) is 5.77. The van der Waals surface area contributed by atoms with Crippen LogP contribution in [0.25, 0.3) is 0 Å². The molecule has 15 heavy (non-hydrogen) atoms. The summed E-state index contributed by atoms with van der Waals surface area (Å²) in [6.07, 6.45) is 2.52. The topological polar surface area (TPSA) is 46.1 Å². The number of aromatic nitrogens is 2. The van der Waals surface area contributed by atoms with Crippen molar-refractivity contribution >= 4 is 27.7 Å². The van der Waals surface area contributed by atoms with Crippen LogP contribution >= 0.6 is 15.9 Å². The fraction of sp³-hybridized carbons (Fsp3) is 0.500. The lowest BCUT2D eigenvalue weighted by Crippen LogP contribution is -2.29. The number of alkyl halides is 1. The first-order valence-electron chi connectivity index (χ1n) is 4.85. The van der Waals surface area contributed by atoms with Gasteiger partial charge in [0.05, 0.1) is 22.4 Å². The second-order valence-corrected chi connectivity index (χ2v) is 4.77. The number of rotatable bonds is 1. The molecule has 1 aromatic heterocycles. The Bertz CT molecular complexity index is 408. The van der Waals surface area contributed by atoms with Gasteiger partial charge in [0.1, 0.15) is 0 Å². The third-order valence-electron chi connectivity index (χ3n) is 2.44. The highest BCUT2D eigenvalue weighted by Crippen LogP contribution is 2.25. The molecule has 0 unspecified atom stereocenters. The van der Waals surface area contributed by atoms with E-state index in [9.17, 15) is 4.79 Å². The second kappa shape index (κ2) is 3.89. The molecule has 0 radical (unpaired) electrons. The van der Waals surface area contributed by atoms with Crippen molar-refractivity contribution in [3.63, 3.8) is 0 Å². The number of hydrogen-bond donors (Lipinski definition) is 0. The zero-order chi connectivity index (χ0) is 11.0. The van der Waals surface area contributed by atoms with Gasteiger partial charge in [-0.15, -0.1) is 0 Å². The van der Waals surface area contributed by atoms with E-state index < -0.39 is 0 Å². The standard InChI is InChI=1S/C10H12BrN3O/c1-6-5-12-9(7(2)13-6)14-4-3-8(11)10(14)15/h5,8H,3-4H2,1-2H3/t8-/m0/s1. The number of carbonyl (C=O) groups is 1. The summed E-state index contributed by atoms with van der Waals surface area (Å²) in [5.74, 6) is 0.767. The van der Waals surface area contributed by atoms with E-state index in [1.165, 1.54) is 0 Å². The van der Waals surface area contributed by atoms with Crippen molar-refractivity contribution in [2.45, 2.75) is 25.1 Å². The van der Waals surface area contributed by atoms with Gasteiger partial charge in [-0.05, 0) is 20.3 Å². The van der Waals surface area contributed by atoms with Crippen molar-refractivity contribution in [3.8, 4) is 0 Å². The Morgan fingerprint density at radius 1 is 1.53 bits per heavy atom. The maximum absolute atomic E-state index is 11.8. The average Bonchev–Trinajstić information content (AvgIpc) is 2.49. The van der Waals surface area contributed by atoms with Gasteiger partial charge in [-0.1, -0.05) is 15.9 Å².